The molecule has 0 spiro atoms. The average Bonchev–Trinajstić information content (AvgIpc) is 2.79. The van der Waals surface area contributed by atoms with E-state index in [9.17, 15) is 18.0 Å². The predicted molar refractivity (Wildman–Crippen MR) is 119 cm³/mol. The fourth-order valence-corrected chi connectivity index (χ4v) is 5.25. The third kappa shape index (κ3) is 4.68. The van der Waals surface area contributed by atoms with Crippen LogP contribution in [0, 0.1) is 0 Å². The topological polar surface area (TPSA) is 105 Å². The number of ether oxygens (including phenoxy) is 1. The van der Waals surface area contributed by atoms with Crippen molar-refractivity contribution in [2.45, 2.75) is 30.3 Å². The molecule has 2 amide bonds. The molecule has 0 aromatic heterocycles. The fourth-order valence-electron chi connectivity index (χ4n) is 3.72. The van der Waals surface area contributed by atoms with E-state index in [4.69, 9.17) is 4.74 Å². The van der Waals surface area contributed by atoms with Crippen LogP contribution in [0.15, 0.2) is 60.0 Å². The molecule has 1 fully saturated rings. The van der Waals surface area contributed by atoms with Gasteiger partial charge in [0.2, 0.25) is 15.9 Å². The Hall–Kier alpha value is -3.17. The molecule has 8 nitrogen and oxygen atoms in total. The van der Waals surface area contributed by atoms with Crippen molar-refractivity contribution in [2.24, 2.45) is 0 Å². The first-order chi connectivity index (χ1) is 15.4. The van der Waals surface area contributed by atoms with Gasteiger partial charge in [-0.05, 0) is 60.4 Å². The van der Waals surface area contributed by atoms with E-state index in [1.54, 1.807) is 0 Å². The van der Waals surface area contributed by atoms with Crippen LogP contribution in [0.1, 0.15) is 27.9 Å². The third-order valence-electron chi connectivity index (χ3n) is 5.56. The first-order valence-corrected chi connectivity index (χ1v) is 11.9. The molecule has 2 aliphatic heterocycles. The summed E-state index contributed by atoms with van der Waals surface area (Å²) in [6, 6.07) is 11.5. The van der Waals surface area contributed by atoms with Gasteiger partial charge in [-0.15, -0.1) is 0 Å². The van der Waals surface area contributed by atoms with Gasteiger partial charge in [0.25, 0.3) is 5.91 Å². The summed E-state index contributed by atoms with van der Waals surface area (Å²) in [5, 5.41) is 5.53. The Morgan fingerprint density at radius 1 is 1.16 bits per heavy atom. The van der Waals surface area contributed by atoms with Crippen LogP contribution in [-0.4, -0.2) is 50.3 Å². The molecule has 9 heteroatoms. The average molecular weight is 456 g/mol. The molecule has 32 heavy (non-hydrogen) atoms. The Labute approximate surface area is 187 Å². The Bertz CT molecular complexity index is 1140. The van der Waals surface area contributed by atoms with Crippen LogP contribution in [0.25, 0.3) is 0 Å². The van der Waals surface area contributed by atoms with Crippen molar-refractivity contribution in [1.29, 1.82) is 0 Å². The molecular weight excluding hydrogens is 430 g/mol. The highest BCUT2D eigenvalue weighted by Crippen LogP contribution is 2.26. The number of hydrogen-bond donors (Lipinski definition) is 2. The van der Waals surface area contributed by atoms with Crippen LogP contribution in [0.4, 0.5) is 0 Å². The van der Waals surface area contributed by atoms with Gasteiger partial charge in [-0.25, -0.2) is 8.42 Å². The van der Waals surface area contributed by atoms with Crippen LogP contribution < -0.4 is 15.4 Å². The number of hydrogen-bond acceptors (Lipinski definition) is 5. The Morgan fingerprint density at radius 3 is 2.62 bits per heavy atom. The summed E-state index contributed by atoms with van der Waals surface area (Å²) < 4.78 is 32.3. The maximum absolute atomic E-state index is 12.7. The minimum absolute atomic E-state index is 0.109. The van der Waals surface area contributed by atoms with Crippen molar-refractivity contribution in [1.82, 2.24) is 14.9 Å². The number of benzene rings is 2. The highest BCUT2D eigenvalue weighted by atomic mass is 32.2. The van der Waals surface area contributed by atoms with Crippen molar-refractivity contribution in [2.75, 3.05) is 19.7 Å². The van der Waals surface area contributed by atoms with Gasteiger partial charge in [0, 0.05) is 25.2 Å². The molecule has 0 bridgehead atoms. The standard InChI is InChI=1S/C23H25N3O5S/c1-2-22(27)25-19-14-26(15-19)32(29,30)20-8-6-17(7-9-20)23(28)24-13-16-5-10-21-18(12-16)4-3-11-31-21/h2,5-10,12,19H,1,3-4,11,13-15H2,(H,24,28)(H,25,27). The van der Waals surface area contributed by atoms with Gasteiger partial charge < -0.3 is 15.4 Å². The molecule has 2 aromatic rings. The van der Waals surface area contributed by atoms with Crippen LogP contribution >= 0.6 is 0 Å². The second-order valence-corrected chi connectivity index (χ2v) is 9.77. The van der Waals surface area contributed by atoms with E-state index in [-0.39, 0.29) is 35.8 Å². The summed E-state index contributed by atoms with van der Waals surface area (Å²) in [6.07, 6.45) is 3.10. The Balaban J connectivity index is 1.33. The van der Waals surface area contributed by atoms with Crippen LogP contribution in [0.2, 0.25) is 0 Å². The summed E-state index contributed by atoms with van der Waals surface area (Å²) in [7, 11) is -3.67. The summed E-state index contributed by atoms with van der Waals surface area (Å²) in [5.41, 5.74) is 2.51. The van der Waals surface area contributed by atoms with E-state index in [1.807, 2.05) is 18.2 Å². The highest BCUT2D eigenvalue weighted by molar-refractivity contribution is 7.89. The van der Waals surface area contributed by atoms with Crippen LogP contribution in [0.3, 0.4) is 0 Å². The lowest BCUT2D eigenvalue weighted by atomic mass is 10.0. The van der Waals surface area contributed by atoms with E-state index < -0.39 is 10.0 Å². The minimum atomic E-state index is -3.67. The summed E-state index contributed by atoms with van der Waals surface area (Å²) >= 11 is 0. The van der Waals surface area contributed by atoms with Gasteiger partial charge in [0.05, 0.1) is 17.5 Å². The molecule has 0 saturated carbocycles. The van der Waals surface area contributed by atoms with Crippen LogP contribution in [-0.2, 0) is 27.8 Å². The van der Waals surface area contributed by atoms with Gasteiger partial charge in [0.15, 0.2) is 0 Å². The van der Waals surface area contributed by atoms with E-state index in [0.29, 0.717) is 12.1 Å². The normalized spacial score (nSPS) is 16.2. The zero-order valence-corrected chi connectivity index (χ0v) is 18.4. The van der Waals surface area contributed by atoms with Gasteiger partial charge in [0.1, 0.15) is 5.75 Å². The molecule has 2 aromatic carbocycles. The molecule has 0 aliphatic carbocycles. The third-order valence-corrected chi connectivity index (χ3v) is 7.41. The van der Waals surface area contributed by atoms with Crippen molar-refractivity contribution in [3.8, 4) is 5.75 Å². The Kier molecular flexibility index (Phi) is 6.29. The lowest BCUT2D eigenvalue weighted by Gasteiger charge is -2.38. The maximum Gasteiger partial charge on any atom is 0.251 e. The smallest absolute Gasteiger partial charge is 0.251 e. The fraction of sp³-hybridized carbons (Fsp3) is 0.304. The van der Waals surface area contributed by atoms with E-state index >= 15 is 0 Å². The maximum atomic E-state index is 12.7. The molecule has 168 valence electrons. The monoisotopic (exact) mass is 455 g/mol. The number of carbonyl (C=O) groups excluding carboxylic acids is 2. The zero-order chi connectivity index (χ0) is 22.7. The molecule has 0 unspecified atom stereocenters. The SMILES string of the molecule is C=CC(=O)NC1CN(S(=O)(=O)c2ccc(C(=O)NCc3ccc4c(c3)CCCO4)cc2)C1. The number of nitrogens with one attached hydrogen (secondary N) is 2. The van der Waals surface area contributed by atoms with E-state index in [1.165, 1.54) is 28.6 Å². The van der Waals surface area contributed by atoms with Crippen molar-refractivity contribution < 1.29 is 22.7 Å². The number of nitrogens with zero attached hydrogens (tertiary/aromatic N) is 1. The van der Waals surface area contributed by atoms with Crippen molar-refractivity contribution in [3.05, 3.63) is 71.8 Å². The number of fused-ring (bicyclic) bond motifs is 1. The van der Waals surface area contributed by atoms with Crippen LogP contribution in [0.5, 0.6) is 5.75 Å². The zero-order valence-electron chi connectivity index (χ0n) is 17.5. The Morgan fingerprint density at radius 2 is 1.91 bits per heavy atom. The molecule has 1 saturated heterocycles. The van der Waals surface area contributed by atoms with E-state index in [0.717, 1.165) is 42.4 Å². The summed E-state index contributed by atoms with van der Waals surface area (Å²) in [6.45, 7) is 4.89. The predicted octanol–water partition coefficient (Wildman–Crippen LogP) is 1.62. The molecule has 2 heterocycles. The number of aryl methyl sites for hydroxylation is 1. The molecule has 2 aliphatic rings. The van der Waals surface area contributed by atoms with Crippen molar-refractivity contribution in [3.63, 3.8) is 0 Å². The first kappa shape index (κ1) is 22.0. The van der Waals surface area contributed by atoms with Gasteiger partial charge in [-0.2, -0.15) is 4.31 Å². The lowest BCUT2D eigenvalue weighted by molar-refractivity contribution is -0.117. The number of rotatable bonds is 7. The number of amides is 2. The molecule has 2 N–H and O–H groups in total. The summed E-state index contributed by atoms with van der Waals surface area (Å²) in [4.78, 5) is 23.9. The molecule has 0 atom stereocenters. The van der Waals surface area contributed by atoms with Gasteiger partial charge in [-0.3, -0.25) is 9.59 Å². The second-order valence-electron chi connectivity index (χ2n) is 7.83. The molecule has 4 rings (SSSR count). The number of sulfonamides is 1. The minimum Gasteiger partial charge on any atom is -0.493 e. The highest BCUT2D eigenvalue weighted by Gasteiger charge is 2.37. The number of carbonyl (C=O) groups is 2. The molecular formula is C23H25N3O5S. The lowest BCUT2D eigenvalue weighted by Crippen LogP contribution is -2.60. The van der Waals surface area contributed by atoms with E-state index in [2.05, 4.69) is 17.2 Å². The quantitative estimate of drug-likeness (QED) is 0.618. The first-order valence-electron chi connectivity index (χ1n) is 10.4. The largest absolute Gasteiger partial charge is 0.493 e. The van der Waals surface area contributed by atoms with Gasteiger partial charge in [-0.1, -0.05) is 18.7 Å². The summed E-state index contributed by atoms with van der Waals surface area (Å²) in [5.74, 6) is 0.296. The van der Waals surface area contributed by atoms with Gasteiger partial charge >= 0.3 is 0 Å². The van der Waals surface area contributed by atoms with Crippen molar-refractivity contribution >= 4 is 21.8 Å². The second kappa shape index (κ2) is 9.13. The molecule has 0 radical (unpaired) electrons.